The molecule has 0 bridgehead atoms. The number of nitrogens with zero attached hydrogens (tertiary/aromatic N) is 5. The van der Waals surface area contributed by atoms with E-state index in [-0.39, 0.29) is 17.7 Å². The van der Waals surface area contributed by atoms with E-state index >= 15 is 0 Å². The van der Waals surface area contributed by atoms with Gasteiger partial charge >= 0.3 is 0 Å². The maximum atomic E-state index is 12.7. The average Bonchev–Trinajstić information content (AvgIpc) is 3.07. The quantitative estimate of drug-likeness (QED) is 0.702. The van der Waals surface area contributed by atoms with E-state index in [1.54, 1.807) is 0 Å². The van der Waals surface area contributed by atoms with Crippen LogP contribution in [0.1, 0.15) is 30.8 Å². The molecule has 1 saturated heterocycles. The number of aryl methyl sites for hydroxylation is 3. The monoisotopic (exact) mass is 415 g/mol. The number of aromatic nitrogens is 3. The van der Waals surface area contributed by atoms with E-state index in [0.29, 0.717) is 31.9 Å². The molecule has 29 heavy (non-hydrogen) atoms. The van der Waals surface area contributed by atoms with Crippen LogP contribution in [0.25, 0.3) is 5.69 Å². The third-order valence-corrected chi connectivity index (χ3v) is 6.08. The molecule has 3 rings (SSSR count). The number of hydrogen-bond donors (Lipinski definition) is 0. The molecule has 0 N–H and O–H groups in total. The normalized spacial score (nSPS) is 14.6. The molecular weight excluding hydrogens is 386 g/mol. The van der Waals surface area contributed by atoms with Gasteiger partial charge in [0.2, 0.25) is 11.8 Å². The van der Waals surface area contributed by atoms with Crippen molar-refractivity contribution in [3.63, 3.8) is 0 Å². The number of piperazine rings is 1. The van der Waals surface area contributed by atoms with E-state index in [9.17, 15) is 9.59 Å². The number of rotatable bonds is 5. The molecule has 0 atom stereocenters. The molecule has 8 heteroatoms. The minimum atomic E-state index is -0.00696. The molecule has 1 fully saturated rings. The van der Waals surface area contributed by atoms with Gasteiger partial charge in [0.25, 0.3) is 0 Å². The number of carbonyl (C=O) groups excluding carboxylic acids is 2. The Morgan fingerprint density at radius 3 is 2.34 bits per heavy atom. The van der Waals surface area contributed by atoms with Gasteiger partial charge in [-0.3, -0.25) is 14.2 Å². The number of thioether (sulfide) groups is 1. The zero-order valence-corrected chi connectivity index (χ0v) is 18.6. The van der Waals surface area contributed by atoms with Crippen molar-refractivity contribution in [1.82, 2.24) is 24.6 Å². The molecular formula is C21H29N5O2S. The van der Waals surface area contributed by atoms with Crippen molar-refractivity contribution in [2.45, 2.75) is 39.8 Å². The SMILES string of the molecule is Cc1ccc(C)c(-n2c(C)nnc2SCC(=O)N2CCN(C(=O)C(C)C)CC2)c1. The van der Waals surface area contributed by atoms with Gasteiger partial charge in [0.05, 0.1) is 11.4 Å². The Labute approximate surface area is 176 Å². The minimum absolute atomic E-state index is 0.00696. The molecule has 2 aromatic rings. The standard InChI is InChI=1S/C21H29N5O2S/c1-14(2)20(28)25-10-8-24(9-11-25)19(27)13-29-21-23-22-17(5)26(21)18-12-15(3)6-7-16(18)4/h6-7,12,14H,8-11,13H2,1-5H3. The fraction of sp³-hybridized carbons (Fsp3) is 0.524. The van der Waals surface area contributed by atoms with Gasteiger partial charge in [0, 0.05) is 32.1 Å². The second kappa shape index (κ2) is 8.98. The maximum Gasteiger partial charge on any atom is 0.233 e. The first-order valence-corrected chi connectivity index (χ1v) is 11.0. The summed E-state index contributed by atoms with van der Waals surface area (Å²) in [5, 5.41) is 9.23. The van der Waals surface area contributed by atoms with Crippen LogP contribution in [0, 0.1) is 26.7 Å². The summed E-state index contributed by atoms with van der Waals surface area (Å²) in [5.41, 5.74) is 3.35. The number of hydrogen-bond acceptors (Lipinski definition) is 5. The smallest absolute Gasteiger partial charge is 0.233 e. The second-order valence-corrected chi connectivity index (χ2v) is 8.75. The fourth-order valence-corrected chi connectivity index (χ4v) is 4.33. The Balaban J connectivity index is 1.64. The first-order chi connectivity index (χ1) is 13.8. The van der Waals surface area contributed by atoms with Crippen molar-refractivity contribution in [2.75, 3.05) is 31.9 Å². The molecule has 0 unspecified atom stereocenters. The molecule has 0 aliphatic carbocycles. The van der Waals surface area contributed by atoms with E-state index in [1.807, 2.05) is 35.1 Å². The number of amides is 2. The maximum absolute atomic E-state index is 12.7. The van der Waals surface area contributed by atoms with Gasteiger partial charge in [-0.1, -0.05) is 37.7 Å². The highest BCUT2D eigenvalue weighted by Crippen LogP contribution is 2.25. The zero-order chi connectivity index (χ0) is 21.1. The lowest BCUT2D eigenvalue weighted by Gasteiger charge is -2.35. The zero-order valence-electron chi connectivity index (χ0n) is 17.8. The summed E-state index contributed by atoms with van der Waals surface area (Å²) >= 11 is 1.41. The van der Waals surface area contributed by atoms with Crippen LogP contribution < -0.4 is 0 Å². The summed E-state index contributed by atoms with van der Waals surface area (Å²) < 4.78 is 2.01. The van der Waals surface area contributed by atoms with E-state index < -0.39 is 0 Å². The average molecular weight is 416 g/mol. The Hall–Kier alpha value is -2.35. The third-order valence-electron chi connectivity index (χ3n) is 5.16. The van der Waals surface area contributed by atoms with Crippen LogP contribution in [0.4, 0.5) is 0 Å². The molecule has 1 aliphatic heterocycles. The summed E-state index contributed by atoms with van der Waals surface area (Å²) in [6.45, 7) is 12.2. The summed E-state index contributed by atoms with van der Waals surface area (Å²) in [6.07, 6.45) is 0. The molecule has 1 aliphatic rings. The Bertz CT molecular complexity index is 900. The fourth-order valence-electron chi connectivity index (χ4n) is 3.43. The molecule has 1 aromatic carbocycles. The van der Waals surface area contributed by atoms with Crippen LogP contribution in [0.2, 0.25) is 0 Å². The lowest BCUT2D eigenvalue weighted by molar-refractivity contribution is -0.140. The summed E-state index contributed by atoms with van der Waals surface area (Å²) in [7, 11) is 0. The van der Waals surface area contributed by atoms with E-state index in [0.717, 1.165) is 22.2 Å². The minimum Gasteiger partial charge on any atom is -0.339 e. The van der Waals surface area contributed by atoms with Gasteiger partial charge < -0.3 is 9.80 Å². The lowest BCUT2D eigenvalue weighted by Crippen LogP contribution is -2.51. The Morgan fingerprint density at radius 1 is 1.03 bits per heavy atom. The molecule has 0 radical (unpaired) electrons. The second-order valence-electron chi connectivity index (χ2n) is 7.80. The van der Waals surface area contributed by atoms with Crippen LogP contribution >= 0.6 is 11.8 Å². The van der Waals surface area contributed by atoms with Gasteiger partial charge in [-0.2, -0.15) is 0 Å². The molecule has 0 spiro atoms. The van der Waals surface area contributed by atoms with Crippen molar-refractivity contribution in [3.8, 4) is 5.69 Å². The molecule has 2 heterocycles. The molecule has 7 nitrogen and oxygen atoms in total. The van der Waals surface area contributed by atoms with E-state index in [2.05, 4.69) is 42.2 Å². The van der Waals surface area contributed by atoms with Crippen molar-refractivity contribution in [2.24, 2.45) is 5.92 Å². The van der Waals surface area contributed by atoms with Crippen molar-refractivity contribution >= 4 is 23.6 Å². The number of benzene rings is 1. The van der Waals surface area contributed by atoms with E-state index in [1.165, 1.54) is 17.3 Å². The molecule has 0 saturated carbocycles. The predicted molar refractivity (Wildman–Crippen MR) is 114 cm³/mol. The highest BCUT2D eigenvalue weighted by Gasteiger charge is 2.26. The number of carbonyl (C=O) groups is 2. The van der Waals surface area contributed by atoms with Crippen molar-refractivity contribution in [1.29, 1.82) is 0 Å². The van der Waals surface area contributed by atoms with Crippen LogP contribution in [0.15, 0.2) is 23.4 Å². The van der Waals surface area contributed by atoms with Gasteiger partial charge in [-0.25, -0.2) is 0 Å². The summed E-state index contributed by atoms with van der Waals surface area (Å²) in [6, 6.07) is 6.28. The van der Waals surface area contributed by atoms with Gasteiger partial charge in [0.15, 0.2) is 5.16 Å². The van der Waals surface area contributed by atoms with Crippen LogP contribution in [0.5, 0.6) is 0 Å². The Kier molecular flexibility index (Phi) is 6.62. The van der Waals surface area contributed by atoms with Crippen LogP contribution in [0.3, 0.4) is 0 Å². The molecule has 2 amide bonds. The highest BCUT2D eigenvalue weighted by molar-refractivity contribution is 7.99. The summed E-state index contributed by atoms with van der Waals surface area (Å²) in [5.74, 6) is 1.33. The molecule has 156 valence electrons. The van der Waals surface area contributed by atoms with Crippen LogP contribution in [-0.2, 0) is 9.59 Å². The lowest BCUT2D eigenvalue weighted by atomic mass is 10.1. The topological polar surface area (TPSA) is 71.3 Å². The molecule has 1 aromatic heterocycles. The van der Waals surface area contributed by atoms with Crippen LogP contribution in [-0.4, -0.2) is 68.3 Å². The Morgan fingerprint density at radius 2 is 1.69 bits per heavy atom. The summed E-state index contributed by atoms with van der Waals surface area (Å²) in [4.78, 5) is 28.5. The van der Waals surface area contributed by atoms with Gasteiger partial charge in [-0.05, 0) is 38.0 Å². The first kappa shape index (κ1) is 21.4. The van der Waals surface area contributed by atoms with Crippen molar-refractivity contribution in [3.05, 3.63) is 35.2 Å². The third kappa shape index (κ3) is 4.80. The van der Waals surface area contributed by atoms with E-state index in [4.69, 9.17) is 0 Å². The first-order valence-electron chi connectivity index (χ1n) is 9.97. The van der Waals surface area contributed by atoms with Gasteiger partial charge in [0.1, 0.15) is 5.82 Å². The largest absolute Gasteiger partial charge is 0.339 e. The predicted octanol–water partition coefficient (Wildman–Crippen LogP) is 2.61. The van der Waals surface area contributed by atoms with Gasteiger partial charge in [-0.15, -0.1) is 10.2 Å². The highest BCUT2D eigenvalue weighted by atomic mass is 32.2. The van der Waals surface area contributed by atoms with Crippen molar-refractivity contribution < 1.29 is 9.59 Å².